The zero-order valence-corrected chi connectivity index (χ0v) is 14.2. The molecule has 1 aliphatic rings. The Morgan fingerprint density at radius 1 is 1.28 bits per heavy atom. The summed E-state index contributed by atoms with van der Waals surface area (Å²) in [6, 6.07) is 5.00. The third kappa shape index (κ3) is 5.17. The summed E-state index contributed by atoms with van der Waals surface area (Å²) in [4.78, 5) is 33.5. The van der Waals surface area contributed by atoms with Gasteiger partial charge in [-0.3, -0.25) is 19.7 Å². The molecule has 2 atom stereocenters. The highest BCUT2D eigenvalue weighted by Gasteiger charge is 2.33. The quantitative estimate of drug-likeness (QED) is 0.376. The van der Waals surface area contributed by atoms with Crippen LogP contribution in [-0.2, 0) is 9.59 Å². The summed E-state index contributed by atoms with van der Waals surface area (Å²) in [7, 11) is 0. The van der Waals surface area contributed by atoms with E-state index in [2.05, 4.69) is 10.6 Å². The molecule has 8 nitrogen and oxygen atoms in total. The summed E-state index contributed by atoms with van der Waals surface area (Å²) in [6.07, 6.45) is 2.17. The highest BCUT2D eigenvalue weighted by atomic mass is 16.6. The van der Waals surface area contributed by atoms with Gasteiger partial charge < -0.3 is 15.7 Å². The molecule has 1 fully saturated rings. The van der Waals surface area contributed by atoms with Crippen molar-refractivity contribution < 1.29 is 19.6 Å². The first-order valence-electron chi connectivity index (χ1n) is 8.38. The minimum atomic E-state index is -0.834. The van der Waals surface area contributed by atoms with Crippen LogP contribution >= 0.6 is 0 Å². The van der Waals surface area contributed by atoms with Crippen molar-refractivity contribution in [3.63, 3.8) is 0 Å². The maximum Gasteiger partial charge on any atom is 0.306 e. The summed E-state index contributed by atoms with van der Waals surface area (Å²) < 4.78 is 0. The van der Waals surface area contributed by atoms with Crippen LogP contribution in [0.15, 0.2) is 18.2 Å². The van der Waals surface area contributed by atoms with Gasteiger partial charge >= 0.3 is 5.97 Å². The minimum absolute atomic E-state index is 0.0368. The lowest BCUT2D eigenvalue weighted by atomic mass is 10.0. The highest BCUT2D eigenvalue weighted by Crippen LogP contribution is 2.31. The second-order valence-corrected chi connectivity index (χ2v) is 6.39. The number of carboxylic acids is 1. The number of nitro groups is 1. The molecule has 1 aliphatic carbocycles. The molecule has 1 aromatic rings. The van der Waals surface area contributed by atoms with Crippen molar-refractivity contribution in [2.45, 2.75) is 32.6 Å². The normalized spacial score (nSPS) is 19.4. The molecular formula is C17H23N3O5. The number of benzene rings is 1. The Morgan fingerprint density at radius 3 is 2.64 bits per heavy atom. The monoisotopic (exact) mass is 349 g/mol. The zero-order chi connectivity index (χ0) is 18.4. The zero-order valence-electron chi connectivity index (χ0n) is 14.2. The fourth-order valence-corrected chi connectivity index (χ4v) is 3.05. The maximum atomic E-state index is 12.0. The smallest absolute Gasteiger partial charge is 0.306 e. The van der Waals surface area contributed by atoms with Crippen LogP contribution < -0.4 is 10.6 Å². The van der Waals surface area contributed by atoms with Crippen LogP contribution in [0.2, 0.25) is 0 Å². The predicted octanol–water partition coefficient (Wildman–Crippen LogP) is 2.32. The number of nitro benzene ring substituents is 1. The lowest BCUT2D eigenvalue weighted by Gasteiger charge is -2.11. The van der Waals surface area contributed by atoms with Crippen molar-refractivity contribution in [3.8, 4) is 0 Å². The van der Waals surface area contributed by atoms with E-state index < -0.39 is 16.8 Å². The van der Waals surface area contributed by atoms with Crippen molar-refractivity contribution in [2.24, 2.45) is 11.8 Å². The molecular weight excluding hydrogens is 326 g/mol. The van der Waals surface area contributed by atoms with Crippen molar-refractivity contribution in [1.82, 2.24) is 5.32 Å². The van der Waals surface area contributed by atoms with Crippen molar-refractivity contribution in [3.05, 3.63) is 33.9 Å². The van der Waals surface area contributed by atoms with E-state index in [-0.39, 0.29) is 17.5 Å². The summed E-state index contributed by atoms with van der Waals surface area (Å²) in [5.41, 5.74) is 1.32. The molecule has 0 radical (unpaired) electrons. The Kier molecular flexibility index (Phi) is 6.32. The van der Waals surface area contributed by atoms with Crippen LogP contribution in [0.1, 0.15) is 31.2 Å². The largest absolute Gasteiger partial charge is 0.481 e. The van der Waals surface area contributed by atoms with Gasteiger partial charge in [-0.25, -0.2) is 0 Å². The first-order chi connectivity index (χ1) is 11.9. The standard InChI is InChI=1S/C17H23N3O5/c1-11-3-6-14(15(9-11)20(24)25)18-7-2-8-19-16(21)12-4-5-13(10-12)17(22)23/h3,6,9,12-13,18H,2,4-5,7-8,10H2,1H3,(H,19,21)(H,22,23)/t12-,13+/m1/s1. The van der Waals surface area contributed by atoms with Gasteiger partial charge in [0.1, 0.15) is 5.69 Å². The number of carbonyl (C=O) groups excluding carboxylic acids is 1. The Bertz CT molecular complexity index is 662. The van der Waals surface area contributed by atoms with E-state index in [4.69, 9.17) is 5.11 Å². The summed E-state index contributed by atoms with van der Waals surface area (Å²) in [5.74, 6) is -1.59. The molecule has 136 valence electrons. The topological polar surface area (TPSA) is 122 Å². The van der Waals surface area contributed by atoms with Crippen molar-refractivity contribution in [1.29, 1.82) is 0 Å². The molecule has 25 heavy (non-hydrogen) atoms. The number of amides is 1. The van der Waals surface area contributed by atoms with Crippen molar-refractivity contribution >= 4 is 23.3 Å². The number of anilines is 1. The fraction of sp³-hybridized carbons (Fsp3) is 0.529. The van der Waals surface area contributed by atoms with Crippen LogP contribution in [0.25, 0.3) is 0 Å². The number of carbonyl (C=O) groups is 2. The number of hydrogen-bond donors (Lipinski definition) is 3. The van der Waals surface area contributed by atoms with E-state index >= 15 is 0 Å². The molecule has 0 bridgehead atoms. The van der Waals surface area contributed by atoms with Crippen LogP contribution in [0.4, 0.5) is 11.4 Å². The molecule has 1 amide bonds. The molecule has 1 saturated carbocycles. The van der Waals surface area contributed by atoms with E-state index in [1.807, 2.05) is 0 Å². The number of nitrogens with zero attached hydrogens (tertiary/aromatic N) is 1. The highest BCUT2D eigenvalue weighted by molar-refractivity contribution is 5.80. The number of aryl methyl sites for hydroxylation is 1. The number of hydrogen-bond acceptors (Lipinski definition) is 5. The third-order valence-corrected chi connectivity index (χ3v) is 4.47. The van der Waals surface area contributed by atoms with E-state index in [9.17, 15) is 19.7 Å². The van der Waals surface area contributed by atoms with Gasteiger partial charge in [-0.1, -0.05) is 6.07 Å². The van der Waals surface area contributed by atoms with E-state index in [0.29, 0.717) is 44.5 Å². The summed E-state index contributed by atoms with van der Waals surface area (Å²) in [6.45, 7) is 2.73. The molecule has 0 aliphatic heterocycles. The first kappa shape index (κ1) is 18.7. The van der Waals surface area contributed by atoms with Crippen LogP contribution in [-0.4, -0.2) is 35.0 Å². The Balaban J connectivity index is 1.71. The second-order valence-electron chi connectivity index (χ2n) is 6.39. The number of nitrogens with one attached hydrogen (secondary N) is 2. The average molecular weight is 349 g/mol. The molecule has 2 rings (SSSR count). The van der Waals surface area contributed by atoms with Gasteiger partial charge in [-0.05, 0) is 44.2 Å². The van der Waals surface area contributed by atoms with Crippen LogP contribution in [0, 0.1) is 28.9 Å². The van der Waals surface area contributed by atoms with E-state index in [1.165, 1.54) is 6.07 Å². The van der Waals surface area contributed by atoms with Crippen molar-refractivity contribution in [2.75, 3.05) is 18.4 Å². The molecule has 0 heterocycles. The van der Waals surface area contributed by atoms with Gasteiger partial charge in [0.2, 0.25) is 5.91 Å². The summed E-state index contributed by atoms with van der Waals surface area (Å²) >= 11 is 0. The predicted molar refractivity (Wildman–Crippen MR) is 92.4 cm³/mol. The van der Waals surface area contributed by atoms with E-state index in [1.54, 1.807) is 19.1 Å². The molecule has 0 spiro atoms. The Labute approximate surface area is 145 Å². The number of carboxylic acid groups (broad SMARTS) is 1. The molecule has 0 aromatic heterocycles. The third-order valence-electron chi connectivity index (χ3n) is 4.47. The number of rotatable bonds is 8. The van der Waals surface area contributed by atoms with Crippen LogP contribution in [0.3, 0.4) is 0 Å². The van der Waals surface area contributed by atoms with Gasteiger partial charge in [0.25, 0.3) is 5.69 Å². The maximum absolute atomic E-state index is 12.0. The molecule has 0 unspecified atom stereocenters. The molecule has 8 heteroatoms. The lowest BCUT2D eigenvalue weighted by Crippen LogP contribution is -2.31. The number of aliphatic carboxylic acids is 1. The van der Waals surface area contributed by atoms with Gasteiger partial charge in [0.05, 0.1) is 10.8 Å². The van der Waals surface area contributed by atoms with Crippen LogP contribution in [0.5, 0.6) is 0 Å². The lowest BCUT2D eigenvalue weighted by molar-refractivity contribution is -0.384. The Morgan fingerprint density at radius 2 is 2.00 bits per heavy atom. The van der Waals surface area contributed by atoms with Gasteiger partial charge in [0, 0.05) is 25.1 Å². The summed E-state index contributed by atoms with van der Waals surface area (Å²) in [5, 5.41) is 25.8. The first-order valence-corrected chi connectivity index (χ1v) is 8.38. The van der Waals surface area contributed by atoms with Gasteiger partial charge in [-0.2, -0.15) is 0 Å². The molecule has 1 aromatic carbocycles. The molecule has 0 saturated heterocycles. The Hall–Kier alpha value is -2.64. The van der Waals surface area contributed by atoms with E-state index in [0.717, 1.165) is 5.56 Å². The minimum Gasteiger partial charge on any atom is -0.481 e. The van der Waals surface area contributed by atoms with Gasteiger partial charge in [-0.15, -0.1) is 0 Å². The fourth-order valence-electron chi connectivity index (χ4n) is 3.05. The van der Waals surface area contributed by atoms with Gasteiger partial charge in [0.15, 0.2) is 0 Å². The second kappa shape index (κ2) is 8.46. The molecule has 3 N–H and O–H groups in total. The SMILES string of the molecule is Cc1ccc(NCCCNC(=O)[C@@H]2CC[C@H](C(=O)O)C2)c([N+](=O)[O-])c1. The average Bonchev–Trinajstić information content (AvgIpc) is 3.05.